The Morgan fingerprint density at radius 3 is 2.27 bits per heavy atom. The van der Waals surface area contributed by atoms with E-state index in [0.29, 0.717) is 19.4 Å². The van der Waals surface area contributed by atoms with Crippen molar-refractivity contribution in [3.05, 3.63) is 34.9 Å². The zero-order chi connectivity index (χ0) is 20.1. The van der Waals surface area contributed by atoms with E-state index in [1.165, 1.54) is 4.90 Å². The Bertz CT molecular complexity index is 625. The van der Waals surface area contributed by atoms with Crippen LogP contribution in [-0.2, 0) is 9.53 Å². The van der Waals surface area contributed by atoms with E-state index in [1.807, 2.05) is 31.2 Å². The Hall–Kier alpha value is -1.79. The van der Waals surface area contributed by atoms with Crippen molar-refractivity contribution in [1.29, 1.82) is 0 Å². The molecule has 1 fully saturated rings. The van der Waals surface area contributed by atoms with Gasteiger partial charge in [-0.05, 0) is 65.2 Å². The van der Waals surface area contributed by atoms with Gasteiger partial charge >= 0.3 is 12.1 Å². The first-order chi connectivity index (χ1) is 11.9. The van der Waals surface area contributed by atoms with Crippen LogP contribution >= 0.6 is 11.6 Å². The summed E-state index contributed by atoms with van der Waals surface area (Å²) in [6.07, 6.45) is 0.624. The van der Waals surface area contributed by atoms with Gasteiger partial charge in [-0.25, -0.2) is 9.59 Å². The molecule has 0 bridgehead atoms. The Labute approximate surface area is 160 Å². The number of carboxylic acid groups (broad SMARTS) is 1. The third-order valence-corrected chi connectivity index (χ3v) is 4.36. The van der Waals surface area contributed by atoms with Gasteiger partial charge in [-0.2, -0.15) is 0 Å². The summed E-state index contributed by atoms with van der Waals surface area (Å²) in [5, 5.41) is 9.89. The smallest absolute Gasteiger partial charge is 0.411 e. The van der Waals surface area contributed by atoms with E-state index in [0.717, 1.165) is 10.6 Å². The van der Waals surface area contributed by atoms with Gasteiger partial charge in [-0.1, -0.05) is 23.7 Å². The minimum absolute atomic E-state index is 0.0947. The van der Waals surface area contributed by atoms with Crippen molar-refractivity contribution in [3.8, 4) is 0 Å². The lowest BCUT2D eigenvalue weighted by Crippen LogP contribution is -2.52. The molecule has 1 heterocycles. The van der Waals surface area contributed by atoms with Gasteiger partial charge in [0.2, 0.25) is 0 Å². The minimum Gasteiger partial charge on any atom is -0.480 e. The van der Waals surface area contributed by atoms with Crippen LogP contribution in [0.25, 0.3) is 0 Å². The molecule has 2 atom stereocenters. The lowest BCUT2D eigenvalue weighted by molar-refractivity contribution is -0.148. The largest absolute Gasteiger partial charge is 0.480 e. The SMILES string of the molecule is CC(C)(C)OC(=O)N1CCC[C@@]1(C)C(=O)O.C[C@@H](N)c1ccc(Cl)cc1. The molecule has 1 aliphatic rings. The van der Waals surface area contributed by atoms with Gasteiger partial charge < -0.3 is 15.6 Å². The average molecular weight is 385 g/mol. The van der Waals surface area contributed by atoms with Crippen LogP contribution in [0.15, 0.2) is 24.3 Å². The number of amides is 1. The molecule has 2 rings (SSSR count). The molecule has 7 heteroatoms. The number of nitrogens with zero attached hydrogens (tertiary/aromatic N) is 1. The molecule has 0 spiro atoms. The fraction of sp³-hybridized carbons (Fsp3) is 0.579. The predicted octanol–water partition coefficient (Wildman–Crippen LogP) is 4.22. The Balaban J connectivity index is 0.000000289. The lowest BCUT2D eigenvalue weighted by Gasteiger charge is -2.32. The van der Waals surface area contributed by atoms with Crippen LogP contribution in [0.4, 0.5) is 4.79 Å². The van der Waals surface area contributed by atoms with Crippen molar-refractivity contribution in [2.75, 3.05) is 6.54 Å². The number of benzene rings is 1. The van der Waals surface area contributed by atoms with Crippen LogP contribution in [0.1, 0.15) is 59.1 Å². The molecule has 3 N–H and O–H groups in total. The molecule has 26 heavy (non-hydrogen) atoms. The molecule has 0 radical (unpaired) electrons. The first-order valence-electron chi connectivity index (χ1n) is 8.62. The topological polar surface area (TPSA) is 92.9 Å². The number of carboxylic acids is 1. The van der Waals surface area contributed by atoms with Crippen LogP contribution in [0.5, 0.6) is 0 Å². The van der Waals surface area contributed by atoms with E-state index in [2.05, 4.69) is 0 Å². The van der Waals surface area contributed by atoms with Crippen LogP contribution in [0, 0.1) is 0 Å². The quantitative estimate of drug-likeness (QED) is 0.796. The van der Waals surface area contributed by atoms with Gasteiger partial charge in [0.25, 0.3) is 0 Å². The van der Waals surface area contributed by atoms with Crippen molar-refractivity contribution in [2.45, 2.75) is 64.6 Å². The second-order valence-electron chi connectivity index (χ2n) is 7.65. The van der Waals surface area contributed by atoms with Crippen LogP contribution in [-0.4, -0.2) is 39.8 Å². The van der Waals surface area contributed by atoms with Gasteiger partial charge in [-0.15, -0.1) is 0 Å². The molecule has 6 nitrogen and oxygen atoms in total. The number of hydrogen-bond donors (Lipinski definition) is 2. The minimum atomic E-state index is -1.12. The van der Waals surface area contributed by atoms with Gasteiger partial charge in [0, 0.05) is 17.6 Å². The van der Waals surface area contributed by atoms with Crippen molar-refractivity contribution in [3.63, 3.8) is 0 Å². The first kappa shape index (κ1) is 22.3. The summed E-state index contributed by atoms with van der Waals surface area (Å²) in [5.74, 6) is -0.976. The number of hydrogen-bond acceptors (Lipinski definition) is 4. The molecule has 1 amide bonds. The molecule has 0 aliphatic carbocycles. The summed E-state index contributed by atoms with van der Waals surface area (Å²) < 4.78 is 5.19. The summed E-state index contributed by atoms with van der Waals surface area (Å²) in [5.41, 5.74) is 5.02. The molecule has 1 aliphatic heterocycles. The second-order valence-corrected chi connectivity index (χ2v) is 8.09. The molecule has 146 valence electrons. The maximum atomic E-state index is 11.8. The Morgan fingerprint density at radius 2 is 1.85 bits per heavy atom. The van der Waals surface area contributed by atoms with E-state index < -0.39 is 23.2 Å². The van der Waals surface area contributed by atoms with Crippen molar-refractivity contribution in [2.24, 2.45) is 5.73 Å². The number of carbonyl (C=O) groups excluding carboxylic acids is 1. The molecular formula is C19H29ClN2O4. The fourth-order valence-electron chi connectivity index (χ4n) is 2.56. The summed E-state index contributed by atoms with van der Waals surface area (Å²) in [6, 6.07) is 7.66. The van der Waals surface area contributed by atoms with E-state index in [-0.39, 0.29) is 6.04 Å². The third-order valence-electron chi connectivity index (χ3n) is 4.11. The number of halogens is 1. The van der Waals surface area contributed by atoms with Crippen molar-refractivity contribution in [1.82, 2.24) is 4.90 Å². The first-order valence-corrected chi connectivity index (χ1v) is 8.99. The second kappa shape index (κ2) is 8.73. The van der Waals surface area contributed by atoms with Gasteiger partial charge in [0.15, 0.2) is 0 Å². The number of aliphatic carboxylic acids is 1. The van der Waals surface area contributed by atoms with E-state index in [9.17, 15) is 9.59 Å². The normalized spacial score (nSPS) is 20.8. The van der Waals surface area contributed by atoms with Gasteiger partial charge in [0.05, 0.1) is 0 Å². The van der Waals surface area contributed by atoms with E-state index in [1.54, 1.807) is 27.7 Å². The predicted molar refractivity (Wildman–Crippen MR) is 102 cm³/mol. The molecular weight excluding hydrogens is 356 g/mol. The van der Waals surface area contributed by atoms with E-state index >= 15 is 0 Å². The number of rotatable bonds is 2. The Morgan fingerprint density at radius 1 is 1.31 bits per heavy atom. The summed E-state index contributed by atoms with van der Waals surface area (Å²) >= 11 is 5.68. The number of likely N-dealkylation sites (tertiary alicyclic amines) is 1. The molecule has 1 aromatic rings. The van der Waals surface area contributed by atoms with Gasteiger partial charge in [-0.3, -0.25) is 4.90 Å². The maximum Gasteiger partial charge on any atom is 0.411 e. The molecule has 1 saturated heterocycles. The van der Waals surface area contributed by atoms with Crippen LogP contribution in [0.2, 0.25) is 5.02 Å². The zero-order valence-electron chi connectivity index (χ0n) is 16.1. The standard InChI is InChI=1S/C11H19NO4.C8H10ClN/c1-10(2,3)16-9(15)12-7-5-6-11(12,4)8(13)14;1-6(10)7-2-4-8(9)5-3-7/h5-7H2,1-4H3,(H,13,14);2-6H,10H2,1H3/t11-;6-/m01/s1. The summed E-state index contributed by atoms with van der Waals surface area (Å²) in [4.78, 5) is 24.3. The molecule has 0 aromatic heterocycles. The number of carbonyl (C=O) groups is 2. The highest BCUT2D eigenvalue weighted by atomic mass is 35.5. The number of ether oxygens (including phenoxy) is 1. The molecule has 0 saturated carbocycles. The highest BCUT2D eigenvalue weighted by molar-refractivity contribution is 6.30. The Kier molecular flexibility index (Phi) is 7.47. The lowest BCUT2D eigenvalue weighted by atomic mass is 10.00. The molecule has 1 aromatic carbocycles. The van der Waals surface area contributed by atoms with Crippen LogP contribution in [0.3, 0.4) is 0 Å². The van der Waals surface area contributed by atoms with Crippen LogP contribution < -0.4 is 5.73 Å². The fourth-order valence-corrected chi connectivity index (χ4v) is 2.69. The highest BCUT2D eigenvalue weighted by Crippen LogP contribution is 2.30. The number of nitrogens with two attached hydrogens (primary N) is 1. The maximum absolute atomic E-state index is 11.8. The summed E-state index contributed by atoms with van der Waals surface area (Å²) in [6.45, 7) is 9.24. The van der Waals surface area contributed by atoms with Crippen molar-refractivity contribution < 1.29 is 19.4 Å². The summed E-state index contributed by atoms with van der Waals surface area (Å²) in [7, 11) is 0. The monoisotopic (exact) mass is 384 g/mol. The van der Waals surface area contributed by atoms with Gasteiger partial charge in [0.1, 0.15) is 11.1 Å². The molecule has 0 unspecified atom stereocenters. The average Bonchev–Trinajstić information content (AvgIpc) is 2.90. The zero-order valence-corrected chi connectivity index (χ0v) is 16.8. The highest BCUT2D eigenvalue weighted by Gasteiger charge is 2.47. The van der Waals surface area contributed by atoms with E-state index in [4.69, 9.17) is 27.2 Å². The third kappa shape index (κ3) is 6.18. The van der Waals surface area contributed by atoms with Crippen molar-refractivity contribution >= 4 is 23.7 Å².